The molecule has 0 aromatic carbocycles. The average Bonchev–Trinajstić information content (AvgIpc) is 2.88. The van der Waals surface area contributed by atoms with Gasteiger partial charge in [0.05, 0.1) is 0 Å². The summed E-state index contributed by atoms with van der Waals surface area (Å²) in [4.78, 5) is 2.78. The topological polar surface area (TPSA) is 15.3 Å². The third-order valence-electron chi connectivity index (χ3n) is 4.57. The van der Waals surface area contributed by atoms with Gasteiger partial charge in [-0.2, -0.15) is 0 Å². The van der Waals surface area contributed by atoms with Gasteiger partial charge >= 0.3 is 0 Å². The predicted octanol–water partition coefficient (Wildman–Crippen LogP) is 1.47. The van der Waals surface area contributed by atoms with E-state index in [1.807, 2.05) is 0 Å². The molecule has 0 radical (unpaired) electrons. The Morgan fingerprint density at radius 3 is 2.64 bits per heavy atom. The predicted molar refractivity (Wildman–Crippen MR) is 58.3 cm³/mol. The van der Waals surface area contributed by atoms with Crippen molar-refractivity contribution in [2.45, 2.75) is 38.1 Å². The molecule has 0 amide bonds. The van der Waals surface area contributed by atoms with Crippen LogP contribution in [0, 0.1) is 11.8 Å². The van der Waals surface area contributed by atoms with Crippen molar-refractivity contribution in [1.29, 1.82) is 0 Å². The van der Waals surface area contributed by atoms with E-state index >= 15 is 0 Å². The van der Waals surface area contributed by atoms with E-state index in [4.69, 9.17) is 0 Å². The highest BCUT2D eigenvalue weighted by Gasteiger charge is 2.39. The second-order valence-electron chi connectivity index (χ2n) is 5.32. The molecule has 80 valence electrons. The van der Waals surface area contributed by atoms with Crippen LogP contribution in [0.25, 0.3) is 0 Å². The quantitative estimate of drug-likeness (QED) is 0.680. The van der Waals surface area contributed by atoms with Gasteiger partial charge < -0.3 is 10.2 Å². The third kappa shape index (κ3) is 1.49. The van der Waals surface area contributed by atoms with E-state index in [1.165, 1.54) is 58.3 Å². The van der Waals surface area contributed by atoms with Crippen LogP contribution in [-0.4, -0.2) is 37.1 Å². The lowest BCUT2D eigenvalue weighted by Crippen LogP contribution is -2.44. The fraction of sp³-hybridized carbons (Fsp3) is 1.00. The molecule has 14 heavy (non-hydrogen) atoms. The van der Waals surface area contributed by atoms with Gasteiger partial charge in [0.1, 0.15) is 0 Å². The van der Waals surface area contributed by atoms with Crippen molar-refractivity contribution in [2.75, 3.05) is 26.2 Å². The summed E-state index contributed by atoms with van der Waals surface area (Å²) in [6, 6.07) is 0.936. The lowest BCUT2D eigenvalue weighted by atomic mass is 9.77. The van der Waals surface area contributed by atoms with E-state index in [1.54, 1.807) is 0 Å². The van der Waals surface area contributed by atoms with Gasteiger partial charge in [0, 0.05) is 6.04 Å². The minimum Gasteiger partial charge on any atom is -0.316 e. The Labute approximate surface area is 87.0 Å². The molecule has 2 aliphatic heterocycles. The molecular weight excluding hydrogens is 172 g/mol. The Kier molecular flexibility index (Phi) is 2.50. The maximum Gasteiger partial charge on any atom is 0.0139 e. The minimum absolute atomic E-state index is 0.936. The fourth-order valence-corrected chi connectivity index (χ4v) is 3.85. The van der Waals surface area contributed by atoms with E-state index in [2.05, 4.69) is 10.2 Å². The van der Waals surface area contributed by atoms with Gasteiger partial charge in [-0.1, -0.05) is 6.42 Å². The molecule has 3 fully saturated rings. The van der Waals surface area contributed by atoms with Crippen LogP contribution in [0.1, 0.15) is 32.1 Å². The second-order valence-corrected chi connectivity index (χ2v) is 5.32. The van der Waals surface area contributed by atoms with Crippen LogP contribution in [0.2, 0.25) is 0 Å². The Bertz CT molecular complexity index is 198. The summed E-state index contributed by atoms with van der Waals surface area (Å²) >= 11 is 0. The molecule has 2 heterocycles. The molecule has 1 saturated carbocycles. The molecule has 0 aromatic heterocycles. The highest BCUT2D eigenvalue weighted by Crippen LogP contribution is 2.36. The molecule has 3 aliphatic rings. The number of nitrogens with one attached hydrogen (secondary N) is 1. The number of nitrogens with zero attached hydrogens (tertiary/aromatic N) is 1. The van der Waals surface area contributed by atoms with Gasteiger partial charge in [0.2, 0.25) is 0 Å². The van der Waals surface area contributed by atoms with Gasteiger partial charge in [-0.05, 0) is 63.7 Å². The van der Waals surface area contributed by atoms with E-state index in [9.17, 15) is 0 Å². The van der Waals surface area contributed by atoms with Gasteiger partial charge in [0.25, 0.3) is 0 Å². The monoisotopic (exact) mass is 194 g/mol. The first-order valence-corrected chi connectivity index (χ1v) is 6.40. The Morgan fingerprint density at radius 2 is 1.79 bits per heavy atom. The number of fused-ring (bicyclic) bond motifs is 1. The van der Waals surface area contributed by atoms with Crippen molar-refractivity contribution < 1.29 is 0 Å². The SMILES string of the molecule is C1CC2CNCC2C(N2CCCC2)C1. The van der Waals surface area contributed by atoms with Crippen molar-refractivity contribution >= 4 is 0 Å². The van der Waals surface area contributed by atoms with E-state index in [-0.39, 0.29) is 0 Å². The lowest BCUT2D eigenvalue weighted by Gasteiger charge is -2.39. The molecule has 0 spiro atoms. The van der Waals surface area contributed by atoms with E-state index in [0.717, 1.165) is 17.9 Å². The molecule has 1 N–H and O–H groups in total. The summed E-state index contributed by atoms with van der Waals surface area (Å²) in [5.74, 6) is 2.00. The van der Waals surface area contributed by atoms with Gasteiger partial charge in [0.15, 0.2) is 0 Å². The smallest absolute Gasteiger partial charge is 0.0139 e. The number of likely N-dealkylation sites (tertiary alicyclic amines) is 1. The zero-order valence-electron chi connectivity index (χ0n) is 9.04. The molecule has 0 bridgehead atoms. The highest BCUT2D eigenvalue weighted by atomic mass is 15.2. The number of hydrogen-bond donors (Lipinski definition) is 1. The van der Waals surface area contributed by atoms with Gasteiger partial charge in [-0.3, -0.25) is 0 Å². The molecule has 2 nitrogen and oxygen atoms in total. The maximum absolute atomic E-state index is 3.59. The lowest BCUT2D eigenvalue weighted by molar-refractivity contribution is 0.111. The molecule has 3 unspecified atom stereocenters. The van der Waals surface area contributed by atoms with Crippen LogP contribution in [0.3, 0.4) is 0 Å². The second kappa shape index (κ2) is 3.82. The van der Waals surface area contributed by atoms with Crippen molar-refractivity contribution in [1.82, 2.24) is 10.2 Å². The van der Waals surface area contributed by atoms with Crippen LogP contribution in [0.15, 0.2) is 0 Å². The summed E-state index contributed by atoms with van der Waals surface area (Å²) in [6.07, 6.45) is 7.33. The molecule has 0 aromatic rings. The van der Waals surface area contributed by atoms with Crippen LogP contribution < -0.4 is 5.32 Å². The van der Waals surface area contributed by atoms with Crippen molar-refractivity contribution in [2.24, 2.45) is 11.8 Å². The summed E-state index contributed by atoms with van der Waals surface area (Å²) in [5, 5.41) is 3.59. The molecule has 1 aliphatic carbocycles. The first-order valence-electron chi connectivity index (χ1n) is 6.40. The molecular formula is C12H22N2. The minimum atomic E-state index is 0.936. The summed E-state index contributed by atoms with van der Waals surface area (Å²) in [7, 11) is 0. The number of hydrogen-bond acceptors (Lipinski definition) is 2. The van der Waals surface area contributed by atoms with E-state index < -0.39 is 0 Å². The average molecular weight is 194 g/mol. The number of rotatable bonds is 1. The zero-order chi connectivity index (χ0) is 9.38. The Morgan fingerprint density at radius 1 is 0.929 bits per heavy atom. The van der Waals surface area contributed by atoms with Gasteiger partial charge in [-0.25, -0.2) is 0 Å². The molecule has 2 saturated heterocycles. The van der Waals surface area contributed by atoms with Crippen LogP contribution in [0.5, 0.6) is 0 Å². The van der Waals surface area contributed by atoms with Crippen molar-refractivity contribution in [3.63, 3.8) is 0 Å². The third-order valence-corrected chi connectivity index (χ3v) is 4.57. The van der Waals surface area contributed by atoms with E-state index in [0.29, 0.717) is 0 Å². The maximum atomic E-state index is 3.59. The normalized spacial score (nSPS) is 44.1. The zero-order valence-corrected chi connectivity index (χ0v) is 9.04. The van der Waals surface area contributed by atoms with Crippen LogP contribution in [0.4, 0.5) is 0 Å². The van der Waals surface area contributed by atoms with Gasteiger partial charge in [-0.15, -0.1) is 0 Å². The van der Waals surface area contributed by atoms with Crippen molar-refractivity contribution in [3.8, 4) is 0 Å². The summed E-state index contributed by atoms with van der Waals surface area (Å²) in [6.45, 7) is 5.36. The highest BCUT2D eigenvalue weighted by molar-refractivity contribution is 4.94. The fourth-order valence-electron chi connectivity index (χ4n) is 3.85. The van der Waals surface area contributed by atoms with Crippen LogP contribution >= 0.6 is 0 Å². The Hall–Kier alpha value is -0.0800. The van der Waals surface area contributed by atoms with Crippen LogP contribution in [-0.2, 0) is 0 Å². The molecule has 3 rings (SSSR count). The summed E-state index contributed by atoms with van der Waals surface area (Å²) in [5.41, 5.74) is 0. The standard InChI is InChI=1S/C12H22N2/c1-2-7-14(6-1)12-5-3-4-10-8-13-9-11(10)12/h10-13H,1-9H2. The first kappa shape index (κ1) is 9.17. The largest absolute Gasteiger partial charge is 0.316 e. The molecule has 3 atom stereocenters. The Balaban J connectivity index is 1.70. The summed E-state index contributed by atoms with van der Waals surface area (Å²) < 4.78 is 0. The first-order chi connectivity index (χ1) is 6.95. The molecule has 2 heteroatoms. The van der Waals surface area contributed by atoms with Crippen molar-refractivity contribution in [3.05, 3.63) is 0 Å².